The van der Waals surface area contributed by atoms with Gasteiger partial charge in [0.05, 0.1) is 16.6 Å². The molecule has 0 bridgehead atoms. The van der Waals surface area contributed by atoms with Crippen LogP contribution in [0.25, 0.3) is 4.13 Å². The molecule has 0 aliphatic carbocycles. The minimum Gasteiger partial charge on any atom is -0.463 e. The van der Waals surface area contributed by atoms with Gasteiger partial charge in [-0.05, 0) is 6.42 Å². The average molecular weight is 363 g/mol. The molecule has 0 aromatic carbocycles. The number of esters is 1. The molecule has 0 unspecified atom stereocenters. The second-order valence-corrected chi connectivity index (χ2v) is 6.59. The van der Waals surface area contributed by atoms with E-state index in [1.165, 1.54) is 0 Å². The SMILES string of the molecule is C=CC(=O)OCCCS(=O)(=O)[N-]S(=O)(=O)C(F)(F)F.[K+]. The van der Waals surface area contributed by atoms with Gasteiger partial charge in [-0.2, -0.15) is 13.2 Å². The molecule has 0 heterocycles. The van der Waals surface area contributed by atoms with Crippen molar-refractivity contribution in [2.75, 3.05) is 12.4 Å². The minimum atomic E-state index is -6.10. The summed E-state index contributed by atoms with van der Waals surface area (Å²) in [5, 5.41) is 0. The van der Waals surface area contributed by atoms with Crippen LogP contribution in [0.5, 0.6) is 0 Å². The second-order valence-electron chi connectivity index (χ2n) is 3.01. The van der Waals surface area contributed by atoms with Gasteiger partial charge in [-0.1, -0.05) is 6.58 Å². The molecular formula is C7H9F3KNO6S2. The summed E-state index contributed by atoms with van der Waals surface area (Å²) in [6.07, 6.45) is 0.395. The van der Waals surface area contributed by atoms with E-state index in [9.17, 15) is 34.8 Å². The fourth-order valence-corrected chi connectivity index (χ4v) is 3.02. The molecule has 7 nitrogen and oxygen atoms in total. The van der Waals surface area contributed by atoms with Crippen LogP contribution >= 0.6 is 0 Å². The Labute approximate surface area is 156 Å². The normalized spacial score (nSPS) is 12.3. The van der Waals surface area contributed by atoms with Crippen LogP contribution < -0.4 is 51.4 Å². The van der Waals surface area contributed by atoms with E-state index in [2.05, 4.69) is 11.3 Å². The number of rotatable bonds is 7. The van der Waals surface area contributed by atoms with Gasteiger partial charge in [-0.25, -0.2) is 21.6 Å². The number of carbonyl (C=O) groups is 1. The van der Waals surface area contributed by atoms with Crippen LogP contribution in [0.15, 0.2) is 12.7 Å². The largest absolute Gasteiger partial charge is 1.00 e. The molecule has 0 saturated heterocycles. The third kappa shape index (κ3) is 8.71. The number of hydrogen-bond donors (Lipinski definition) is 0. The predicted octanol–water partition coefficient (Wildman–Crippen LogP) is -2.34. The Balaban J connectivity index is 0. The van der Waals surface area contributed by atoms with E-state index < -0.39 is 50.3 Å². The zero-order valence-electron chi connectivity index (χ0n) is 10.3. The third-order valence-electron chi connectivity index (χ3n) is 1.46. The maximum atomic E-state index is 11.9. The van der Waals surface area contributed by atoms with Gasteiger partial charge in [-0.15, -0.1) is 0 Å². The molecule has 112 valence electrons. The van der Waals surface area contributed by atoms with Gasteiger partial charge in [0.25, 0.3) is 0 Å². The molecule has 0 spiro atoms. The summed E-state index contributed by atoms with van der Waals surface area (Å²) in [7, 11) is -10.9. The Hall–Kier alpha value is 0.496. The molecule has 0 atom stereocenters. The number of sulfonamides is 2. The monoisotopic (exact) mass is 363 g/mol. The number of hydrogen-bond acceptors (Lipinski definition) is 6. The summed E-state index contributed by atoms with van der Waals surface area (Å²) >= 11 is 0. The number of ether oxygens (including phenoxy) is 1. The smallest absolute Gasteiger partial charge is 0.463 e. The standard InChI is InChI=1S/C7H9F3NO6S2.K/c1-2-6(12)17-4-3-5-18(13,14)11-19(15,16)7(8,9)10;/h2H,1,3-5H2;/q-1;+1. The molecular weight excluding hydrogens is 354 g/mol. The van der Waals surface area contributed by atoms with Gasteiger partial charge in [0, 0.05) is 11.8 Å². The molecule has 0 N–H and O–H groups in total. The Morgan fingerprint density at radius 3 is 2.15 bits per heavy atom. The van der Waals surface area contributed by atoms with Gasteiger partial charge in [0.2, 0.25) is 0 Å². The van der Waals surface area contributed by atoms with Crippen LogP contribution in [0.4, 0.5) is 13.2 Å². The fraction of sp³-hybridized carbons (Fsp3) is 0.571. The Morgan fingerprint density at radius 2 is 1.75 bits per heavy atom. The van der Waals surface area contributed by atoms with Crippen LogP contribution in [0.3, 0.4) is 0 Å². The van der Waals surface area contributed by atoms with Gasteiger partial charge in [0.1, 0.15) is 0 Å². The summed E-state index contributed by atoms with van der Waals surface area (Å²) in [4.78, 5) is 10.5. The summed E-state index contributed by atoms with van der Waals surface area (Å²) < 4.78 is 84.8. The Morgan fingerprint density at radius 1 is 1.25 bits per heavy atom. The average Bonchev–Trinajstić information content (AvgIpc) is 2.20. The van der Waals surface area contributed by atoms with Crippen molar-refractivity contribution < 1.29 is 90.9 Å². The van der Waals surface area contributed by atoms with Crippen molar-refractivity contribution >= 4 is 26.0 Å². The number of alkyl halides is 3. The van der Waals surface area contributed by atoms with E-state index in [1.54, 1.807) is 0 Å². The van der Waals surface area contributed by atoms with Crippen molar-refractivity contribution in [3.63, 3.8) is 0 Å². The van der Waals surface area contributed by atoms with E-state index in [4.69, 9.17) is 0 Å². The molecule has 0 aliphatic rings. The zero-order valence-corrected chi connectivity index (χ0v) is 15.0. The first-order valence-electron chi connectivity index (χ1n) is 4.49. The Bertz CT molecular complexity index is 541. The fourth-order valence-electron chi connectivity index (χ4n) is 0.702. The Kier molecular flexibility index (Phi) is 10.0. The number of nitrogens with zero attached hydrogens (tertiary/aromatic N) is 1. The molecule has 0 saturated carbocycles. The topological polar surface area (TPSA) is 109 Å². The first kappa shape index (κ1) is 22.8. The van der Waals surface area contributed by atoms with Crippen LogP contribution in [0.1, 0.15) is 6.42 Å². The van der Waals surface area contributed by atoms with Crippen molar-refractivity contribution in [3.05, 3.63) is 16.8 Å². The molecule has 0 aromatic heterocycles. The van der Waals surface area contributed by atoms with Crippen LogP contribution in [0, 0.1) is 0 Å². The van der Waals surface area contributed by atoms with E-state index in [1.807, 2.05) is 4.13 Å². The van der Waals surface area contributed by atoms with Crippen LogP contribution in [0.2, 0.25) is 0 Å². The molecule has 13 heteroatoms. The third-order valence-corrected chi connectivity index (χ3v) is 4.54. The summed E-state index contributed by atoms with van der Waals surface area (Å²) in [5.74, 6) is -1.86. The minimum absolute atomic E-state index is 0. The first-order chi connectivity index (χ1) is 8.41. The molecule has 0 fully saturated rings. The van der Waals surface area contributed by atoms with E-state index in [0.29, 0.717) is 0 Å². The summed E-state index contributed by atoms with van der Waals surface area (Å²) in [5.41, 5.74) is -5.78. The first-order valence-corrected chi connectivity index (χ1v) is 7.53. The number of carbonyl (C=O) groups excluding carboxylic acids is 1. The van der Waals surface area contributed by atoms with Gasteiger partial charge in [0.15, 0.2) is 10.0 Å². The molecule has 20 heavy (non-hydrogen) atoms. The van der Waals surface area contributed by atoms with Crippen molar-refractivity contribution in [2.24, 2.45) is 0 Å². The van der Waals surface area contributed by atoms with Crippen LogP contribution in [-0.2, 0) is 29.6 Å². The van der Waals surface area contributed by atoms with Crippen molar-refractivity contribution in [3.8, 4) is 0 Å². The van der Waals surface area contributed by atoms with E-state index >= 15 is 0 Å². The quantitative estimate of drug-likeness (QED) is 0.217. The second kappa shape index (κ2) is 8.82. The summed E-state index contributed by atoms with van der Waals surface area (Å²) in [6.45, 7) is 2.62. The molecule has 0 radical (unpaired) electrons. The van der Waals surface area contributed by atoms with Crippen molar-refractivity contribution in [1.82, 2.24) is 0 Å². The van der Waals surface area contributed by atoms with Gasteiger partial charge in [-0.3, -0.25) is 0 Å². The molecule has 0 aliphatic heterocycles. The van der Waals surface area contributed by atoms with E-state index in [0.717, 1.165) is 6.08 Å². The molecule has 0 rings (SSSR count). The predicted molar refractivity (Wildman–Crippen MR) is 57.9 cm³/mol. The summed E-state index contributed by atoms with van der Waals surface area (Å²) in [6, 6.07) is 0. The van der Waals surface area contributed by atoms with E-state index in [-0.39, 0.29) is 51.4 Å². The van der Waals surface area contributed by atoms with Crippen molar-refractivity contribution in [1.29, 1.82) is 0 Å². The molecule has 0 amide bonds. The van der Waals surface area contributed by atoms with Gasteiger partial charge < -0.3 is 8.86 Å². The zero-order chi connectivity index (χ0) is 15.3. The maximum Gasteiger partial charge on any atom is 1.00 e. The number of halogens is 3. The van der Waals surface area contributed by atoms with Crippen molar-refractivity contribution in [2.45, 2.75) is 11.9 Å². The van der Waals surface area contributed by atoms with Crippen LogP contribution in [-0.4, -0.2) is 40.7 Å². The maximum absolute atomic E-state index is 11.9. The van der Waals surface area contributed by atoms with Gasteiger partial charge >= 0.3 is 62.9 Å². The molecule has 0 aromatic rings.